The highest BCUT2D eigenvalue weighted by atomic mass is 19.1. The third kappa shape index (κ3) is 6.69. The number of carboxylic acids is 1. The van der Waals surface area contributed by atoms with Gasteiger partial charge < -0.3 is 9.84 Å². The quantitative estimate of drug-likeness (QED) is 0.250. The van der Waals surface area contributed by atoms with Crippen LogP contribution in [0.3, 0.4) is 0 Å². The van der Waals surface area contributed by atoms with Crippen molar-refractivity contribution in [1.82, 2.24) is 9.88 Å². The molecule has 1 heterocycles. The number of aryl methyl sites for hydroxylation is 1. The topological polar surface area (TPSA) is 62.7 Å². The Labute approximate surface area is 236 Å². The maximum atomic E-state index is 15.3. The first-order chi connectivity index (χ1) is 18.9. The summed E-state index contributed by atoms with van der Waals surface area (Å²) in [4.78, 5) is 18.1. The fraction of sp³-hybridized carbons (Fsp3) is 0.455. The van der Waals surface area contributed by atoms with Gasteiger partial charge in [0.25, 0.3) is 0 Å². The monoisotopic (exact) mass is 550 g/mol. The minimum absolute atomic E-state index is 0.0125. The van der Waals surface area contributed by atoms with E-state index in [4.69, 9.17) is 4.74 Å². The minimum Gasteiger partial charge on any atom is -0.489 e. The summed E-state index contributed by atoms with van der Waals surface area (Å²) in [7, 11) is 0. The van der Waals surface area contributed by atoms with Crippen molar-refractivity contribution in [1.29, 1.82) is 0 Å². The van der Waals surface area contributed by atoms with Crippen molar-refractivity contribution < 1.29 is 23.4 Å². The number of rotatable bonds is 12. The van der Waals surface area contributed by atoms with E-state index in [1.807, 2.05) is 19.1 Å². The molecule has 5 nitrogen and oxygen atoms in total. The summed E-state index contributed by atoms with van der Waals surface area (Å²) in [5.41, 5.74) is 2.28. The minimum atomic E-state index is -2.36. The Kier molecular flexibility index (Phi) is 8.93. The van der Waals surface area contributed by atoms with E-state index in [2.05, 4.69) is 43.6 Å². The molecule has 0 amide bonds. The van der Waals surface area contributed by atoms with Crippen molar-refractivity contribution >= 4 is 5.97 Å². The molecular weight excluding hydrogens is 510 g/mol. The Morgan fingerprint density at radius 2 is 1.80 bits per heavy atom. The number of alkyl halides is 1. The number of benzene rings is 2. The van der Waals surface area contributed by atoms with Crippen LogP contribution in [0.15, 0.2) is 54.7 Å². The van der Waals surface area contributed by atoms with Crippen molar-refractivity contribution in [2.45, 2.75) is 91.2 Å². The number of hydrogen-bond donors (Lipinski definition) is 1. The maximum absolute atomic E-state index is 15.3. The Hall–Kier alpha value is -3.32. The highest BCUT2D eigenvalue weighted by Crippen LogP contribution is 2.50. The lowest BCUT2D eigenvalue weighted by Gasteiger charge is -2.31. The summed E-state index contributed by atoms with van der Waals surface area (Å²) >= 11 is 0. The smallest absolute Gasteiger partial charge is 0.341 e. The summed E-state index contributed by atoms with van der Waals surface area (Å²) in [5.74, 6) is -1.97. The molecular formula is C33H40F2N2O3. The van der Waals surface area contributed by atoms with Crippen LogP contribution in [0.5, 0.6) is 5.75 Å². The average Bonchev–Trinajstić information content (AvgIpc) is 3.72. The molecule has 3 aromatic rings. The predicted octanol–water partition coefficient (Wildman–Crippen LogP) is 7.70. The highest BCUT2D eigenvalue weighted by molar-refractivity contribution is 5.78. The lowest BCUT2D eigenvalue weighted by atomic mass is 9.81. The molecule has 4 rings (SSSR count). The van der Waals surface area contributed by atoms with E-state index in [1.54, 1.807) is 30.3 Å². The highest BCUT2D eigenvalue weighted by Gasteiger charge is 2.50. The summed E-state index contributed by atoms with van der Waals surface area (Å²) in [6, 6.07) is 15.4. The normalized spacial score (nSPS) is 15.9. The van der Waals surface area contributed by atoms with Gasteiger partial charge in [-0.1, -0.05) is 30.3 Å². The molecule has 0 radical (unpaired) electrons. The zero-order valence-electron chi connectivity index (χ0n) is 24.2. The summed E-state index contributed by atoms with van der Waals surface area (Å²) < 4.78 is 36.3. The maximum Gasteiger partial charge on any atom is 0.341 e. The largest absolute Gasteiger partial charge is 0.489 e. The molecule has 40 heavy (non-hydrogen) atoms. The Balaban J connectivity index is 1.62. The Morgan fingerprint density at radius 1 is 1.10 bits per heavy atom. The van der Waals surface area contributed by atoms with Crippen molar-refractivity contribution in [2.75, 3.05) is 0 Å². The molecule has 1 aliphatic rings. The lowest BCUT2D eigenvalue weighted by Crippen LogP contribution is -2.38. The van der Waals surface area contributed by atoms with E-state index in [-0.39, 0.29) is 18.3 Å². The summed E-state index contributed by atoms with van der Waals surface area (Å²) in [5, 5.41) is 9.53. The molecule has 214 valence electrons. The van der Waals surface area contributed by atoms with E-state index < -0.39 is 17.6 Å². The van der Waals surface area contributed by atoms with E-state index in [9.17, 15) is 14.3 Å². The SMILES string of the molecule is Cc1cc(-c2ccc(COc3cccc([C@H](C4CC4)[C@@](C)(F)C(=O)O)c3)cc2CN(C(C)C)C(C)C)c(F)cn1. The standard InChI is InChI=1S/C33H40F2N2O3/c1-20(2)37(21(3)4)18-26-15-23(10-13-28(26)29-14-22(5)36-17-30(29)34)19-40-27-9-7-8-25(16-27)31(24-11-12-24)33(6,35)32(38)39/h7-10,13-17,20-21,24,31H,11-12,18-19H2,1-6H3,(H,38,39)/t31-,33+/m0/s1. The molecule has 2 aromatic carbocycles. The summed E-state index contributed by atoms with van der Waals surface area (Å²) in [6.07, 6.45) is 2.90. The molecule has 0 unspecified atom stereocenters. The Bertz CT molecular complexity index is 1340. The molecule has 0 bridgehead atoms. The molecule has 1 aliphatic carbocycles. The van der Waals surface area contributed by atoms with Crippen molar-refractivity contribution in [2.24, 2.45) is 5.92 Å². The van der Waals surface area contributed by atoms with Gasteiger partial charge in [0, 0.05) is 35.8 Å². The van der Waals surface area contributed by atoms with Crippen LogP contribution in [0, 0.1) is 18.7 Å². The molecule has 1 N–H and O–H groups in total. The van der Waals surface area contributed by atoms with Crippen molar-refractivity contribution in [3.63, 3.8) is 0 Å². The fourth-order valence-electron chi connectivity index (χ4n) is 5.59. The molecule has 1 aromatic heterocycles. The fourth-order valence-corrected chi connectivity index (χ4v) is 5.59. The number of halogens is 2. The first-order valence-corrected chi connectivity index (χ1v) is 14.0. The number of carbonyl (C=O) groups is 1. The zero-order chi connectivity index (χ0) is 29.2. The van der Waals surface area contributed by atoms with Crippen LogP contribution in [0.25, 0.3) is 11.1 Å². The second-order valence-corrected chi connectivity index (χ2v) is 11.7. The van der Waals surface area contributed by atoms with Gasteiger partial charge in [-0.15, -0.1) is 0 Å². The second-order valence-electron chi connectivity index (χ2n) is 11.7. The number of aromatic nitrogens is 1. The van der Waals surface area contributed by atoms with Gasteiger partial charge in [0.05, 0.1) is 6.20 Å². The van der Waals surface area contributed by atoms with Crippen LogP contribution in [0.4, 0.5) is 8.78 Å². The van der Waals surface area contributed by atoms with Gasteiger partial charge in [-0.25, -0.2) is 13.6 Å². The van der Waals surface area contributed by atoms with Crippen LogP contribution >= 0.6 is 0 Å². The van der Waals surface area contributed by atoms with Crippen LogP contribution < -0.4 is 4.74 Å². The molecule has 1 fully saturated rings. The van der Waals surface area contributed by atoms with Gasteiger partial charge in [0.1, 0.15) is 18.2 Å². The van der Waals surface area contributed by atoms with E-state index >= 15 is 4.39 Å². The van der Waals surface area contributed by atoms with Crippen LogP contribution in [0.2, 0.25) is 0 Å². The third-order valence-corrected chi connectivity index (χ3v) is 7.85. The first kappa shape index (κ1) is 29.7. The number of aliphatic carboxylic acids is 1. The number of ether oxygens (including phenoxy) is 1. The number of hydrogen-bond acceptors (Lipinski definition) is 4. The molecule has 0 spiro atoms. The van der Waals surface area contributed by atoms with Gasteiger partial charge in [0.2, 0.25) is 5.67 Å². The predicted molar refractivity (Wildman–Crippen MR) is 154 cm³/mol. The van der Waals surface area contributed by atoms with Crippen LogP contribution in [-0.2, 0) is 17.9 Å². The van der Waals surface area contributed by atoms with Gasteiger partial charge in [-0.05, 0) is 101 Å². The van der Waals surface area contributed by atoms with Gasteiger partial charge in [-0.2, -0.15) is 0 Å². The van der Waals surface area contributed by atoms with Crippen LogP contribution in [0.1, 0.15) is 75.8 Å². The molecule has 0 saturated heterocycles. The average molecular weight is 551 g/mol. The van der Waals surface area contributed by atoms with Crippen LogP contribution in [-0.4, -0.2) is 38.7 Å². The second kappa shape index (κ2) is 12.0. The molecule has 2 atom stereocenters. The van der Waals surface area contributed by atoms with E-state index in [1.165, 1.54) is 6.20 Å². The van der Waals surface area contributed by atoms with Gasteiger partial charge >= 0.3 is 5.97 Å². The summed E-state index contributed by atoms with van der Waals surface area (Å²) in [6.45, 7) is 12.5. The third-order valence-electron chi connectivity index (χ3n) is 7.85. The number of carboxylic acid groups (broad SMARTS) is 1. The molecule has 1 saturated carbocycles. The first-order valence-electron chi connectivity index (χ1n) is 14.0. The van der Waals surface area contributed by atoms with Gasteiger partial charge in [-0.3, -0.25) is 9.88 Å². The molecule has 0 aliphatic heterocycles. The number of pyridine rings is 1. The van der Waals surface area contributed by atoms with Crippen molar-refractivity contribution in [3.05, 3.63) is 82.9 Å². The lowest BCUT2D eigenvalue weighted by molar-refractivity contribution is -0.151. The Morgan fingerprint density at radius 3 is 2.42 bits per heavy atom. The number of nitrogens with zero attached hydrogens (tertiary/aromatic N) is 2. The molecule has 7 heteroatoms. The zero-order valence-corrected chi connectivity index (χ0v) is 24.2. The van der Waals surface area contributed by atoms with E-state index in [0.29, 0.717) is 35.5 Å². The van der Waals surface area contributed by atoms with Crippen molar-refractivity contribution in [3.8, 4) is 16.9 Å². The van der Waals surface area contributed by atoms with E-state index in [0.717, 1.165) is 42.1 Å². The van der Waals surface area contributed by atoms with Gasteiger partial charge in [0.15, 0.2) is 0 Å².